The predicted molar refractivity (Wildman–Crippen MR) is 284 cm³/mol. The van der Waals surface area contributed by atoms with Crippen LogP contribution in [0.5, 0.6) is 23.0 Å². The molecule has 17 rings (SSSR count). The summed E-state index contributed by atoms with van der Waals surface area (Å²) in [5, 5.41) is 0. The maximum absolute atomic E-state index is 7.16. The summed E-state index contributed by atoms with van der Waals surface area (Å²) < 4.78 is 14.3. The lowest BCUT2D eigenvalue weighted by atomic mass is 9.17. The van der Waals surface area contributed by atoms with Crippen molar-refractivity contribution in [2.75, 3.05) is 9.80 Å². The monoisotopic (exact) mass is 848 g/mol. The van der Waals surface area contributed by atoms with Gasteiger partial charge in [-0.05, 0) is 90.2 Å². The molecule has 0 spiro atoms. The summed E-state index contributed by atoms with van der Waals surface area (Å²) in [7, 11) is 0. The molecule has 306 valence electrons. The van der Waals surface area contributed by atoms with Gasteiger partial charge in [-0.25, -0.2) is 0 Å². The van der Waals surface area contributed by atoms with E-state index in [0.29, 0.717) is 0 Å². The summed E-state index contributed by atoms with van der Waals surface area (Å²) in [6.07, 6.45) is 0. The molecule has 0 unspecified atom stereocenters. The fraction of sp³-hybridized carbons (Fsp3) is 0.0690. The number of anilines is 6. The van der Waals surface area contributed by atoms with Crippen LogP contribution in [0.2, 0.25) is 0 Å². The van der Waals surface area contributed by atoms with Crippen molar-refractivity contribution in [3.63, 3.8) is 0 Å². The molecule has 9 aromatic rings. The van der Waals surface area contributed by atoms with Crippen molar-refractivity contribution in [2.45, 2.75) is 27.7 Å². The summed E-state index contributed by atoms with van der Waals surface area (Å²) in [4.78, 5) is 5.34. The largest absolute Gasteiger partial charge is 0.453 e. The van der Waals surface area contributed by atoms with Gasteiger partial charge in [0.15, 0.2) is 23.0 Å². The molecule has 8 aliphatic heterocycles. The third-order valence-corrected chi connectivity index (χ3v) is 17.3. The van der Waals surface area contributed by atoms with E-state index in [1.54, 1.807) is 0 Å². The van der Waals surface area contributed by atoms with Crippen molar-refractivity contribution >= 4 is 150 Å². The molecule has 8 heterocycles. The van der Waals surface area contributed by atoms with Crippen molar-refractivity contribution < 1.29 is 9.47 Å². The minimum absolute atomic E-state index is 0.00332. The van der Waals surface area contributed by atoms with Crippen LogP contribution < -0.4 is 101 Å². The second kappa shape index (κ2) is 11.9. The molecule has 0 fully saturated rings. The Hall–Kier alpha value is -7.50. The highest BCUT2D eigenvalue weighted by Gasteiger charge is 2.58. The average Bonchev–Trinajstić information content (AvgIpc) is 3.34. The molecule has 8 aliphatic rings. The third kappa shape index (κ3) is 3.98. The van der Waals surface area contributed by atoms with Crippen LogP contribution in [-0.4, -0.2) is 33.6 Å². The maximum atomic E-state index is 7.16. The molecule has 0 atom stereocenters. The van der Waals surface area contributed by atoms with Crippen LogP contribution in [0.3, 0.4) is 0 Å². The van der Waals surface area contributed by atoms with E-state index in [1.807, 2.05) is 0 Å². The smallest absolute Gasteiger partial charge is 0.252 e. The SMILES string of the molecule is Cc1cccc(C)c1B1c2ccccc2B2c3cc4c5c6c3N3c7c(cccc7B6c6cccc7c6N5c5c(ccc6c5B4c4ccccc4B6c4c(C)cccc4C)O7)Oc4ccc1c2c43. The number of benzene rings is 9. The standard InChI is InChI=1S/C58H37B5N2O2/c1-30-13-9-14-31(2)48(30)59-34-17-5-7-19-36(34)61-42-29-43-56-52-55(42)64-53-40(21-11-23-44(53)66-46-27-25-38(59)50(61)57(46)64)63(52)41-22-12-24-45-54(41)65(56)58-47(67-45)28-26-39-51(58)62(43)37-20-8-6-18-35(37)60(39)49-32(3)15-10-16-33(49)4/h5-29H,1-4H3. The lowest BCUT2D eigenvalue weighted by Crippen LogP contribution is -2.81. The first kappa shape index (κ1) is 35.7. The molecule has 0 saturated heterocycles. The summed E-state index contributed by atoms with van der Waals surface area (Å²) in [5.74, 6) is 3.70. The molecule has 0 aromatic heterocycles. The number of hydrogen-bond donors (Lipinski definition) is 0. The molecule has 0 aliphatic carbocycles. The Morgan fingerprint density at radius 1 is 0.269 bits per heavy atom. The fourth-order valence-corrected chi connectivity index (χ4v) is 15.0. The van der Waals surface area contributed by atoms with Crippen LogP contribution in [0, 0.1) is 27.7 Å². The number of para-hydroxylation sites is 2. The summed E-state index contributed by atoms with van der Waals surface area (Å²) in [6.45, 7) is 9.30. The van der Waals surface area contributed by atoms with E-state index >= 15 is 0 Å². The van der Waals surface area contributed by atoms with Gasteiger partial charge < -0.3 is 19.3 Å². The number of fused-ring (bicyclic) bond motifs is 8. The zero-order valence-electron chi connectivity index (χ0n) is 37.5. The van der Waals surface area contributed by atoms with Gasteiger partial charge in [-0.15, -0.1) is 0 Å². The van der Waals surface area contributed by atoms with Gasteiger partial charge in [-0.1, -0.05) is 193 Å². The zero-order valence-corrected chi connectivity index (χ0v) is 37.5. The Labute approximate surface area is 391 Å². The summed E-state index contributed by atoms with van der Waals surface area (Å²) >= 11 is 0. The van der Waals surface area contributed by atoms with E-state index in [4.69, 9.17) is 9.47 Å². The minimum atomic E-state index is -0.0340. The average molecular weight is 848 g/mol. The van der Waals surface area contributed by atoms with Gasteiger partial charge in [-0.2, -0.15) is 0 Å². The molecular formula is C58H37B5N2O2. The van der Waals surface area contributed by atoms with E-state index in [2.05, 4.69) is 189 Å². The van der Waals surface area contributed by atoms with E-state index in [9.17, 15) is 0 Å². The van der Waals surface area contributed by atoms with Crippen LogP contribution in [0.1, 0.15) is 22.3 Å². The lowest BCUT2D eigenvalue weighted by Gasteiger charge is -2.54. The second-order valence-corrected chi connectivity index (χ2v) is 20.3. The number of ether oxygens (including phenoxy) is 2. The van der Waals surface area contributed by atoms with Gasteiger partial charge in [0.05, 0.1) is 22.7 Å². The predicted octanol–water partition coefficient (Wildman–Crippen LogP) is 2.53. The van der Waals surface area contributed by atoms with Crippen LogP contribution in [0.25, 0.3) is 0 Å². The molecule has 4 nitrogen and oxygen atoms in total. The van der Waals surface area contributed by atoms with Crippen LogP contribution in [0.15, 0.2) is 152 Å². The summed E-state index contributed by atoms with van der Waals surface area (Å²) in [6, 6.07) is 58.0. The molecule has 0 saturated carbocycles. The van der Waals surface area contributed by atoms with Crippen molar-refractivity contribution in [2.24, 2.45) is 0 Å². The van der Waals surface area contributed by atoms with Crippen molar-refractivity contribution in [3.8, 4) is 23.0 Å². The lowest BCUT2D eigenvalue weighted by molar-refractivity contribution is 0.477. The normalized spacial score (nSPS) is 15.2. The van der Waals surface area contributed by atoms with Gasteiger partial charge in [0, 0.05) is 11.4 Å². The highest BCUT2D eigenvalue weighted by Crippen LogP contribution is 2.56. The van der Waals surface area contributed by atoms with Crippen molar-refractivity contribution in [3.05, 3.63) is 174 Å². The number of rotatable bonds is 2. The van der Waals surface area contributed by atoms with Crippen LogP contribution in [0.4, 0.5) is 34.1 Å². The molecule has 0 amide bonds. The Balaban J connectivity index is 1.04. The molecule has 0 N–H and O–H groups in total. The minimum Gasteiger partial charge on any atom is -0.453 e. The second-order valence-electron chi connectivity index (χ2n) is 20.3. The summed E-state index contributed by atoms with van der Waals surface area (Å²) in [5.41, 5.74) is 33.4. The molecule has 0 radical (unpaired) electrons. The Bertz CT molecular complexity index is 3620. The zero-order chi connectivity index (χ0) is 43.9. The van der Waals surface area contributed by atoms with E-state index in [1.165, 1.54) is 138 Å². The Morgan fingerprint density at radius 2 is 0.612 bits per heavy atom. The first-order chi connectivity index (χ1) is 33.0. The van der Waals surface area contributed by atoms with E-state index < -0.39 is 0 Å². The Morgan fingerprint density at radius 3 is 1.03 bits per heavy atom. The van der Waals surface area contributed by atoms with E-state index in [-0.39, 0.29) is 33.6 Å². The number of aryl methyl sites for hydroxylation is 4. The van der Waals surface area contributed by atoms with Gasteiger partial charge in [0.2, 0.25) is 26.9 Å². The van der Waals surface area contributed by atoms with Crippen LogP contribution in [-0.2, 0) is 0 Å². The van der Waals surface area contributed by atoms with Gasteiger partial charge in [0.25, 0.3) is 6.71 Å². The van der Waals surface area contributed by atoms with Crippen LogP contribution >= 0.6 is 0 Å². The molecular weight excluding hydrogens is 811 g/mol. The van der Waals surface area contributed by atoms with Gasteiger partial charge >= 0.3 is 0 Å². The quantitative estimate of drug-likeness (QED) is 0.250. The maximum Gasteiger partial charge on any atom is 0.252 e. The molecule has 9 aromatic carbocycles. The first-order valence-corrected chi connectivity index (χ1v) is 24.0. The molecule has 9 heteroatoms. The first-order valence-electron chi connectivity index (χ1n) is 24.0. The molecule has 67 heavy (non-hydrogen) atoms. The van der Waals surface area contributed by atoms with Crippen molar-refractivity contribution in [1.82, 2.24) is 0 Å². The number of hydrogen-bond acceptors (Lipinski definition) is 4. The highest BCUT2D eigenvalue weighted by molar-refractivity contribution is 7.16. The van der Waals surface area contributed by atoms with Gasteiger partial charge in [0.1, 0.15) is 0 Å². The fourth-order valence-electron chi connectivity index (χ4n) is 15.0. The molecule has 0 bridgehead atoms. The van der Waals surface area contributed by atoms with E-state index in [0.717, 1.165) is 23.0 Å². The highest BCUT2D eigenvalue weighted by atomic mass is 16.5. The third-order valence-electron chi connectivity index (χ3n) is 17.3. The Kier molecular flexibility index (Phi) is 6.35. The van der Waals surface area contributed by atoms with Crippen molar-refractivity contribution in [1.29, 1.82) is 0 Å². The topological polar surface area (TPSA) is 24.9 Å². The van der Waals surface area contributed by atoms with Gasteiger partial charge in [-0.3, -0.25) is 0 Å². The number of nitrogens with zero attached hydrogens (tertiary/aromatic N) is 2.